The number of carbonyl (C=O) groups is 2. The molecule has 9 nitrogen and oxygen atoms in total. The molecule has 0 aliphatic carbocycles. The second-order valence-electron chi connectivity index (χ2n) is 9.51. The van der Waals surface area contributed by atoms with Crippen LogP contribution in [0.15, 0.2) is 23.6 Å². The molecule has 1 saturated heterocycles. The first-order valence-corrected chi connectivity index (χ1v) is 13.4. The zero-order valence-electron chi connectivity index (χ0n) is 21.9. The van der Waals surface area contributed by atoms with E-state index in [9.17, 15) is 19.8 Å². The van der Waals surface area contributed by atoms with Gasteiger partial charge in [-0.1, -0.05) is 19.9 Å². The third-order valence-corrected chi connectivity index (χ3v) is 6.99. The minimum atomic E-state index is -1.24. The van der Waals surface area contributed by atoms with E-state index in [0.717, 1.165) is 4.88 Å². The Labute approximate surface area is 218 Å². The van der Waals surface area contributed by atoms with Gasteiger partial charge in [0.1, 0.15) is 24.9 Å². The van der Waals surface area contributed by atoms with Gasteiger partial charge in [0.05, 0.1) is 6.61 Å². The molecule has 2 N–H and O–H groups in total. The van der Waals surface area contributed by atoms with Crippen LogP contribution < -0.4 is 0 Å². The molecule has 2 heterocycles. The van der Waals surface area contributed by atoms with Crippen LogP contribution in [0.5, 0.6) is 0 Å². The Kier molecular flexibility index (Phi) is 13.6. The lowest BCUT2D eigenvalue weighted by molar-refractivity contribution is -0.145. The first kappa shape index (κ1) is 30.4. The van der Waals surface area contributed by atoms with E-state index in [2.05, 4.69) is 13.8 Å². The van der Waals surface area contributed by atoms with Crippen molar-refractivity contribution >= 4 is 29.2 Å². The Morgan fingerprint density at radius 2 is 2.03 bits per heavy atom. The summed E-state index contributed by atoms with van der Waals surface area (Å²) in [7, 11) is 2.88. The minimum absolute atomic E-state index is 0.0403. The molecule has 10 heteroatoms. The van der Waals surface area contributed by atoms with E-state index >= 15 is 0 Å². The number of aliphatic hydroxyl groups is 2. The highest BCUT2D eigenvalue weighted by atomic mass is 32.1. The summed E-state index contributed by atoms with van der Waals surface area (Å²) in [4.78, 5) is 30.9. The maximum Gasteiger partial charge on any atom is 0.248 e. The highest BCUT2D eigenvalue weighted by Gasteiger charge is 2.33. The van der Waals surface area contributed by atoms with Gasteiger partial charge < -0.3 is 34.2 Å². The number of amides is 2. The van der Waals surface area contributed by atoms with Crippen molar-refractivity contribution in [1.29, 1.82) is 0 Å². The molecule has 0 unspecified atom stereocenters. The quantitative estimate of drug-likeness (QED) is 0.524. The van der Waals surface area contributed by atoms with Gasteiger partial charge in [0.2, 0.25) is 11.8 Å². The Balaban J connectivity index is 2.38. The summed E-state index contributed by atoms with van der Waals surface area (Å²) in [5, 5.41) is 23.1. The van der Waals surface area contributed by atoms with Crippen LogP contribution in [0, 0.1) is 5.92 Å². The van der Waals surface area contributed by atoms with Gasteiger partial charge in [0.25, 0.3) is 0 Å². The van der Waals surface area contributed by atoms with Gasteiger partial charge in [-0.3, -0.25) is 9.59 Å². The van der Waals surface area contributed by atoms with Gasteiger partial charge in [0, 0.05) is 57.5 Å². The largest absolute Gasteiger partial charge is 0.388 e. The molecule has 36 heavy (non-hydrogen) atoms. The van der Waals surface area contributed by atoms with Crippen molar-refractivity contribution in [3.05, 3.63) is 28.5 Å². The number of rotatable bonds is 7. The summed E-state index contributed by atoms with van der Waals surface area (Å²) in [6.07, 6.45) is 2.27. The maximum absolute atomic E-state index is 13.4. The summed E-state index contributed by atoms with van der Waals surface area (Å²) in [6, 6.07) is 3.64. The van der Waals surface area contributed by atoms with Crippen molar-refractivity contribution in [3.63, 3.8) is 0 Å². The summed E-state index contributed by atoms with van der Waals surface area (Å²) < 4.78 is 16.1. The third kappa shape index (κ3) is 9.91. The Bertz CT molecular complexity index is 802. The van der Waals surface area contributed by atoms with Crippen molar-refractivity contribution in [2.24, 2.45) is 5.92 Å². The zero-order valence-corrected chi connectivity index (χ0v) is 22.7. The molecular formula is C26H42N2O7S. The number of thiophene rings is 1. The SMILES string of the molecule is COCC(=O)N1C[C@H](CC(C)C)N(C(=O)/C=C/c2cccs2)CCCCOC[C@@H](O)[C@@H](O)[C@H](OC)C1. The van der Waals surface area contributed by atoms with E-state index in [1.807, 2.05) is 28.5 Å². The normalized spacial score (nSPS) is 25.3. The highest BCUT2D eigenvalue weighted by molar-refractivity contribution is 7.10. The van der Waals surface area contributed by atoms with Gasteiger partial charge in [-0.2, -0.15) is 0 Å². The second kappa shape index (κ2) is 16.1. The van der Waals surface area contributed by atoms with Gasteiger partial charge in [-0.25, -0.2) is 0 Å². The lowest BCUT2D eigenvalue weighted by Crippen LogP contribution is -2.54. The summed E-state index contributed by atoms with van der Waals surface area (Å²) in [5.74, 6) is -0.112. The van der Waals surface area contributed by atoms with Crippen LogP contribution in [-0.4, -0.2) is 110 Å². The number of hydrogen-bond donors (Lipinski definition) is 2. The highest BCUT2D eigenvalue weighted by Crippen LogP contribution is 2.19. The summed E-state index contributed by atoms with van der Waals surface area (Å²) >= 11 is 1.56. The Morgan fingerprint density at radius 1 is 1.25 bits per heavy atom. The number of aliphatic hydroxyl groups excluding tert-OH is 2. The molecule has 4 atom stereocenters. The topological polar surface area (TPSA) is 109 Å². The molecule has 1 aliphatic rings. The molecule has 0 aromatic carbocycles. The van der Waals surface area contributed by atoms with Crippen LogP contribution in [-0.2, 0) is 23.8 Å². The monoisotopic (exact) mass is 526 g/mol. The summed E-state index contributed by atoms with van der Waals surface area (Å²) in [5.41, 5.74) is 0. The van der Waals surface area contributed by atoms with Crippen molar-refractivity contribution in [2.75, 3.05) is 53.7 Å². The van der Waals surface area contributed by atoms with Crippen molar-refractivity contribution in [2.45, 2.75) is 57.5 Å². The molecule has 1 aliphatic heterocycles. The molecule has 2 rings (SSSR count). The van der Waals surface area contributed by atoms with Crippen molar-refractivity contribution in [1.82, 2.24) is 9.80 Å². The van der Waals surface area contributed by atoms with Crippen LogP contribution in [0.25, 0.3) is 6.08 Å². The maximum atomic E-state index is 13.4. The van der Waals surface area contributed by atoms with Crippen LogP contribution in [0.4, 0.5) is 0 Å². The van der Waals surface area contributed by atoms with Gasteiger partial charge in [-0.15, -0.1) is 11.3 Å². The second-order valence-corrected chi connectivity index (χ2v) is 10.5. The smallest absolute Gasteiger partial charge is 0.248 e. The van der Waals surface area contributed by atoms with E-state index in [-0.39, 0.29) is 50.1 Å². The Hall–Kier alpha value is -1.82. The lowest BCUT2D eigenvalue weighted by atomic mass is 10.00. The predicted octanol–water partition coefficient (Wildman–Crippen LogP) is 2.03. The molecular weight excluding hydrogens is 484 g/mol. The fourth-order valence-electron chi connectivity index (χ4n) is 4.28. The first-order chi connectivity index (χ1) is 17.3. The number of ether oxygens (including phenoxy) is 3. The molecule has 1 aromatic rings. The number of methoxy groups -OCH3 is 2. The average Bonchev–Trinajstić information content (AvgIpc) is 3.36. The van der Waals surface area contributed by atoms with Crippen LogP contribution in [0.3, 0.4) is 0 Å². The molecule has 0 radical (unpaired) electrons. The van der Waals surface area contributed by atoms with Crippen LogP contribution >= 0.6 is 11.3 Å². The standard InChI is InChI=1S/C26H42N2O7S/c1-19(2)14-20-15-27(25(31)18-33-3)16-23(34-4)26(32)22(29)17-35-12-6-5-11-28(20)24(30)10-9-21-8-7-13-36-21/h7-10,13,19-20,22-23,26,29,32H,5-6,11-12,14-18H2,1-4H3/b10-9+/t20-,22+,23+,26+/m0/s1. The van der Waals surface area contributed by atoms with Crippen LogP contribution in [0.2, 0.25) is 0 Å². The van der Waals surface area contributed by atoms with E-state index < -0.39 is 18.3 Å². The molecule has 1 aromatic heterocycles. The van der Waals surface area contributed by atoms with E-state index in [1.54, 1.807) is 22.3 Å². The van der Waals surface area contributed by atoms with Crippen molar-refractivity contribution < 1.29 is 34.0 Å². The predicted molar refractivity (Wildman–Crippen MR) is 140 cm³/mol. The van der Waals surface area contributed by atoms with Gasteiger partial charge in [-0.05, 0) is 42.7 Å². The summed E-state index contributed by atoms with van der Waals surface area (Å²) in [6.45, 7) is 5.21. The van der Waals surface area contributed by atoms with Crippen molar-refractivity contribution in [3.8, 4) is 0 Å². The first-order valence-electron chi connectivity index (χ1n) is 12.5. The molecule has 2 amide bonds. The molecule has 0 saturated carbocycles. The average molecular weight is 527 g/mol. The lowest BCUT2D eigenvalue weighted by Gasteiger charge is -2.38. The molecule has 1 fully saturated rings. The number of hydrogen-bond acceptors (Lipinski definition) is 8. The Morgan fingerprint density at radius 3 is 2.67 bits per heavy atom. The van der Waals surface area contributed by atoms with E-state index in [4.69, 9.17) is 14.2 Å². The van der Waals surface area contributed by atoms with E-state index in [1.165, 1.54) is 14.2 Å². The fraction of sp³-hybridized carbons (Fsp3) is 0.692. The molecule has 0 bridgehead atoms. The third-order valence-electron chi connectivity index (χ3n) is 6.16. The molecule has 204 valence electrons. The zero-order chi connectivity index (χ0) is 26.5. The van der Waals surface area contributed by atoms with E-state index in [0.29, 0.717) is 32.4 Å². The van der Waals surface area contributed by atoms with Crippen LogP contribution in [0.1, 0.15) is 38.0 Å². The fourth-order valence-corrected chi connectivity index (χ4v) is 4.89. The van der Waals surface area contributed by atoms with Gasteiger partial charge >= 0.3 is 0 Å². The van der Waals surface area contributed by atoms with Gasteiger partial charge in [0.15, 0.2) is 0 Å². The molecule has 0 spiro atoms. The number of nitrogens with zero attached hydrogens (tertiary/aromatic N) is 2. The minimum Gasteiger partial charge on any atom is -0.388 e. The number of carbonyl (C=O) groups excluding carboxylic acids is 2.